The second-order valence-corrected chi connectivity index (χ2v) is 6.79. The number of fused-ring (bicyclic) bond motifs is 1. The summed E-state index contributed by atoms with van der Waals surface area (Å²) in [6.07, 6.45) is 3.59. The maximum Gasteiger partial charge on any atom is 0.257 e. The largest absolute Gasteiger partial charge is 0.335 e. The molecule has 4 nitrogen and oxygen atoms in total. The van der Waals surface area contributed by atoms with Crippen LogP contribution < -0.4 is 0 Å². The molecule has 0 spiro atoms. The molecule has 0 radical (unpaired) electrons. The van der Waals surface area contributed by atoms with Gasteiger partial charge in [0.2, 0.25) is 0 Å². The number of alkyl halides is 1. The lowest BCUT2D eigenvalue weighted by Crippen LogP contribution is -2.32. The fraction of sp³-hybridized carbons (Fsp3) is 0.444. The Balaban J connectivity index is 1.58. The van der Waals surface area contributed by atoms with E-state index >= 15 is 4.39 Å². The maximum absolute atomic E-state index is 15.3. The molecule has 126 valence electrons. The number of hydrogen-bond donors (Lipinski definition) is 0. The number of aromatic nitrogens is 2. The zero-order chi connectivity index (χ0) is 16.9. The van der Waals surface area contributed by atoms with Crippen LogP contribution in [0.25, 0.3) is 0 Å². The van der Waals surface area contributed by atoms with E-state index in [0.29, 0.717) is 23.2 Å². The number of carbonyl (C=O) groups is 1. The van der Waals surface area contributed by atoms with Gasteiger partial charge in [-0.25, -0.2) is 8.78 Å². The lowest BCUT2D eigenvalue weighted by molar-refractivity contribution is 0.0749. The van der Waals surface area contributed by atoms with E-state index in [-0.39, 0.29) is 18.9 Å². The van der Waals surface area contributed by atoms with Crippen molar-refractivity contribution in [2.45, 2.75) is 38.4 Å². The smallest absolute Gasteiger partial charge is 0.257 e. The van der Waals surface area contributed by atoms with Crippen molar-refractivity contribution in [2.75, 3.05) is 13.1 Å². The van der Waals surface area contributed by atoms with Crippen molar-refractivity contribution in [1.82, 2.24) is 14.7 Å². The van der Waals surface area contributed by atoms with Crippen molar-refractivity contribution < 1.29 is 13.6 Å². The van der Waals surface area contributed by atoms with Crippen LogP contribution in [0.3, 0.4) is 0 Å². The SMILES string of the molecule is Cc1cc(F)cc(C2(F)CCN(C(=O)c3cnn4c3CCC4)C2)c1. The lowest BCUT2D eigenvalue weighted by Gasteiger charge is -2.22. The summed E-state index contributed by atoms with van der Waals surface area (Å²) in [7, 11) is 0. The summed E-state index contributed by atoms with van der Waals surface area (Å²) in [6.45, 7) is 2.86. The van der Waals surface area contributed by atoms with Gasteiger partial charge in [0, 0.05) is 19.5 Å². The van der Waals surface area contributed by atoms with E-state index in [0.717, 1.165) is 25.1 Å². The number of aryl methyl sites for hydroxylation is 2. The quantitative estimate of drug-likeness (QED) is 0.848. The summed E-state index contributed by atoms with van der Waals surface area (Å²) in [5.74, 6) is -0.618. The summed E-state index contributed by atoms with van der Waals surface area (Å²) in [4.78, 5) is 14.3. The second kappa shape index (κ2) is 5.40. The van der Waals surface area contributed by atoms with E-state index in [4.69, 9.17) is 0 Å². The molecule has 1 aromatic heterocycles. The molecule has 6 heteroatoms. The Labute approximate surface area is 139 Å². The summed E-state index contributed by atoms with van der Waals surface area (Å²) < 4.78 is 30.8. The van der Waals surface area contributed by atoms with Gasteiger partial charge in [0.15, 0.2) is 5.67 Å². The first-order valence-electron chi connectivity index (χ1n) is 8.27. The topological polar surface area (TPSA) is 38.1 Å². The van der Waals surface area contributed by atoms with Crippen molar-refractivity contribution in [3.63, 3.8) is 0 Å². The van der Waals surface area contributed by atoms with Crippen LogP contribution in [-0.2, 0) is 18.6 Å². The molecule has 0 bridgehead atoms. The first-order chi connectivity index (χ1) is 11.5. The number of hydrogen-bond acceptors (Lipinski definition) is 2. The van der Waals surface area contributed by atoms with Gasteiger partial charge in [-0.05, 0) is 43.0 Å². The molecule has 2 aliphatic heterocycles. The Bertz CT molecular complexity index is 796. The standard InChI is InChI=1S/C18H19F2N3O/c1-12-7-13(9-14(19)8-12)18(20)4-6-22(11-18)17(24)15-10-21-23-5-2-3-16(15)23/h7-10H,2-6,11H2,1H3. The first kappa shape index (κ1) is 15.3. The predicted octanol–water partition coefficient (Wildman–Crippen LogP) is 2.99. The monoisotopic (exact) mass is 331 g/mol. The Hall–Kier alpha value is -2.24. The minimum atomic E-state index is -1.70. The molecule has 0 N–H and O–H groups in total. The zero-order valence-electron chi connectivity index (χ0n) is 13.6. The molecule has 1 fully saturated rings. The number of carbonyl (C=O) groups excluding carboxylic acids is 1. The summed E-state index contributed by atoms with van der Waals surface area (Å²) in [5.41, 5.74) is 0.820. The molecule has 1 aromatic carbocycles. The number of halogens is 2. The first-order valence-corrected chi connectivity index (χ1v) is 8.27. The molecule has 3 heterocycles. The predicted molar refractivity (Wildman–Crippen MR) is 85.0 cm³/mol. The van der Waals surface area contributed by atoms with E-state index in [1.54, 1.807) is 19.2 Å². The molecule has 1 amide bonds. The van der Waals surface area contributed by atoms with Crippen molar-refractivity contribution in [1.29, 1.82) is 0 Å². The number of rotatable bonds is 2. The third-order valence-electron chi connectivity index (χ3n) is 5.03. The minimum absolute atomic E-state index is 0.0423. The van der Waals surface area contributed by atoms with Crippen LogP contribution in [0.5, 0.6) is 0 Å². The lowest BCUT2D eigenvalue weighted by atomic mass is 9.93. The van der Waals surface area contributed by atoms with Crippen LogP contribution in [0.15, 0.2) is 24.4 Å². The average Bonchev–Trinajstić information content (AvgIpc) is 3.21. The third-order valence-corrected chi connectivity index (χ3v) is 5.03. The molecule has 2 aliphatic rings. The Morgan fingerprint density at radius 3 is 2.92 bits per heavy atom. The molecule has 4 rings (SSSR count). The molecule has 2 aromatic rings. The molecule has 1 saturated heterocycles. The van der Waals surface area contributed by atoms with Gasteiger partial charge < -0.3 is 4.90 Å². The Kier molecular flexibility index (Phi) is 3.44. The van der Waals surface area contributed by atoms with E-state index in [1.165, 1.54) is 17.0 Å². The normalized spacial score (nSPS) is 22.9. The van der Waals surface area contributed by atoms with Gasteiger partial charge in [0.1, 0.15) is 5.82 Å². The molecule has 0 aliphatic carbocycles. The molecule has 1 unspecified atom stereocenters. The van der Waals surface area contributed by atoms with Crippen LogP contribution in [0.2, 0.25) is 0 Å². The average molecular weight is 331 g/mol. The molecule has 24 heavy (non-hydrogen) atoms. The zero-order valence-corrected chi connectivity index (χ0v) is 13.6. The fourth-order valence-electron chi connectivity index (χ4n) is 3.79. The third kappa shape index (κ3) is 2.41. The molecular formula is C18H19F2N3O. The van der Waals surface area contributed by atoms with Gasteiger partial charge in [-0.2, -0.15) is 5.10 Å². The highest BCUT2D eigenvalue weighted by Gasteiger charge is 2.43. The number of nitrogens with zero attached hydrogens (tertiary/aromatic N) is 3. The van der Waals surface area contributed by atoms with Crippen LogP contribution >= 0.6 is 0 Å². The highest BCUT2D eigenvalue weighted by Crippen LogP contribution is 2.37. The van der Waals surface area contributed by atoms with Crippen molar-refractivity contribution in [3.8, 4) is 0 Å². The van der Waals surface area contributed by atoms with E-state index in [2.05, 4.69) is 5.10 Å². The van der Waals surface area contributed by atoms with Crippen LogP contribution in [0.1, 0.15) is 40.0 Å². The summed E-state index contributed by atoms with van der Waals surface area (Å²) >= 11 is 0. The minimum Gasteiger partial charge on any atom is -0.335 e. The summed E-state index contributed by atoms with van der Waals surface area (Å²) in [6, 6.07) is 4.27. The number of benzene rings is 1. The maximum atomic E-state index is 15.3. The van der Waals surface area contributed by atoms with Gasteiger partial charge in [-0.1, -0.05) is 6.07 Å². The molecule has 1 atom stereocenters. The molecule has 0 saturated carbocycles. The second-order valence-electron chi connectivity index (χ2n) is 6.79. The van der Waals surface area contributed by atoms with Crippen molar-refractivity contribution in [3.05, 3.63) is 52.6 Å². The van der Waals surface area contributed by atoms with E-state index in [9.17, 15) is 9.18 Å². The van der Waals surface area contributed by atoms with Crippen LogP contribution in [0, 0.1) is 12.7 Å². The Morgan fingerprint density at radius 1 is 1.29 bits per heavy atom. The van der Waals surface area contributed by atoms with Crippen LogP contribution in [-0.4, -0.2) is 33.7 Å². The number of likely N-dealkylation sites (tertiary alicyclic amines) is 1. The van der Waals surface area contributed by atoms with Gasteiger partial charge in [-0.3, -0.25) is 9.48 Å². The van der Waals surface area contributed by atoms with E-state index < -0.39 is 11.5 Å². The highest BCUT2D eigenvalue weighted by molar-refractivity contribution is 5.95. The summed E-state index contributed by atoms with van der Waals surface area (Å²) in [5, 5.41) is 4.23. The van der Waals surface area contributed by atoms with Crippen molar-refractivity contribution in [2.24, 2.45) is 0 Å². The van der Waals surface area contributed by atoms with E-state index in [1.807, 2.05) is 4.68 Å². The van der Waals surface area contributed by atoms with Crippen LogP contribution in [0.4, 0.5) is 8.78 Å². The van der Waals surface area contributed by atoms with Gasteiger partial charge >= 0.3 is 0 Å². The molecular weight excluding hydrogens is 312 g/mol. The Morgan fingerprint density at radius 2 is 2.12 bits per heavy atom. The number of amides is 1. The van der Waals surface area contributed by atoms with Crippen molar-refractivity contribution >= 4 is 5.91 Å². The van der Waals surface area contributed by atoms with Gasteiger partial charge in [0.25, 0.3) is 5.91 Å². The van der Waals surface area contributed by atoms with Gasteiger partial charge in [0.05, 0.1) is 24.0 Å². The fourth-order valence-corrected chi connectivity index (χ4v) is 3.79. The highest BCUT2D eigenvalue weighted by atomic mass is 19.1. The van der Waals surface area contributed by atoms with Gasteiger partial charge in [-0.15, -0.1) is 0 Å².